The van der Waals surface area contributed by atoms with Gasteiger partial charge in [-0.25, -0.2) is 4.79 Å². The topological polar surface area (TPSA) is 81.7 Å². The molecule has 0 aliphatic heterocycles. The Morgan fingerprint density at radius 1 is 1.19 bits per heavy atom. The van der Waals surface area contributed by atoms with Crippen molar-refractivity contribution in [2.24, 2.45) is 0 Å². The van der Waals surface area contributed by atoms with Crippen LogP contribution in [0.4, 0.5) is 5.00 Å². The number of benzene rings is 1. The molecule has 0 radical (unpaired) electrons. The number of aryl methyl sites for hydroxylation is 1. The molecule has 1 unspecified atom stereocenters. The number of nitrogens with one attached hydrogen (secondary N) is 1. The minimum absolute atomic E-state index is 0.285. The maximum absolute atomic E-state index is 12.0. The molecule has 1 aromatic carbocycles. The maximum Gasteiger partial charge on any atom is 0.348 e. The summed E-state index contributed by atoms with van der Waals surface area (Å²) in [6.07, 6.45) is 0. The molecule has 27 heavy (non-hydrogen) atoms. The Morgan fingerprint density at radius 2 is 1.89 bits per heavy atom. The summed E-state index contributed by atoms with van der Waals surface area (Å²) in [6.45, 7) is 5.12. The Labute approximate surface area is 166 Å². The second-order valence-corrected chi connectivity index (χ2v) is 8.04. The van der Waals surface area contributed by atoms with Crippen LogP contribution in [0.5, 0.6) is 0 Å². The van der Waals surface area contributed by atoms with Crippen molar-refractivity contribution in [3.8, 4) is 0 Å². The number of anilines is 1. The van der Waals surface area contributed by atoms with E-state index >= 15 is 0 Å². The van der Waals surface area contributed by atoms with E-state index in [9.17, 15) is 14.4 Å². The molecule has 2 rings (SSSR count). The first-order valence-electron chi connectivity index (χ1n) is 8.36. The van der Waals surface area contributed by atoms with Gasteiger partial charge >= 0.3 is 11.9 Å². The van der Waals surface area contributed by atoms with Gasteiger partial charge in [0.1, 0.15) is 10.1 Å². The molecule has 0 saturated heterocycles. The molecule has 0 spiro atoms. The molecule has 1 N–H and O–H groups in total. The number of rotatable bonds is 8. The van der Waals surface area contributed by atoms with Crippen molar-refractivity contribution in [2.45, 2.75) is 30.9 Å². The highest BCUT2D eigenvalue weighted by molar-refractivity contribution is 8.00. The van der Waals surface area contributed by atoms with E-state index in [-0.39, 0.29) is 13.2 Å². The van der Waals surface area contributed by atoms with Crippen LogP contribution in [0.2, 0.25) is 0 Å². The second-order valence-electron chi connectivity index (χ2n) is 5.57. The third kappa shape index (κ3) is 6.41. The fourth-order valence-electron chi connectivity index (χ4n) is 2.12. The number of hydrogen-bond donors (Lipinski definition) is 1. The second kappa shape index (κ2) is 10.1. The number of thiophene rings is 1. The van der Waals surface area contributed by atoms with E-state index in [1.807, 2.05) is 30.3 Å². The third-order valence-electron chi connectivity index (χ3n) is 3.37. The van der Waals surface area contributed by atoms with Crippen molar-refractivity contribution < 1.29 is 23.9 Å². The van der Waals surface area contributed by atoms with Crippen molar-refractivity contribution in [3.63, 3.8) is 0 Å². The van der Waals surface area contributed by atoms with Crippen molar-refractivity contribution in [3.05, 3.63) is 46.8 Å². The molecule has 1 atom stereocenters. The summed E-state index contributed by atoms with van der Waals surface area (Å²) in [5.41, 5.74) is 0.721. The van der Waals surface area contributed by atoms with Crippen LogP contribution in [0.25, 0.3) is 0 Å². The molecule has 6 nitrogen and oxygen atoms in total. The number of esters is 2. The Bertz CT molecular complexity index is 804. The molecule has 1 amide bonds. The van der Waals surface area contributed by atoms with Crippen molar-refractivity contribution in [1.82, 2.24) is 0 Å². The lowest BCUT2D eigenvalue weighted by molar-refractivity contribution is -0.146. The van der Waals surface area contributed by atoms with E-state index in [2.05, 4.69) is 5.32 Å². The Kier molecular flexibility index (Phi) is 7.87. The van der Waals surface area contributed by atoms with Crippen LogP contribution in [-0.2, 0) is 19.1 Å². The molecule has 2 aromatic rings. The van der Waals surface area contributed by atoms with Gasteiger partial charge in [-0.2, -0.15) is 0 Å². The van der Waals surface area contributed by atoms with Gasteiger partial charge in [0.05, 0.1) is 11.6 Å². The van der Waals surface area contributed by atoms with E-state index in [0.717, 1.165) is 21.8 Å². The Balaban J connectivity index is 1.83. The minimum Gasteiger partial charge on any atom is -0.462 e. The van der Waals surface area contributed by atoms with Gasteiger partial charge in [-0.15, -0.1) is 23.1 Å². The summed E-state index contributed by atoms with van der Waals surface area (Å²) in [4.78, 5) is 37.3. The van der Waals surface area contributed by atoms with Crippen LogP contribution in [-0.4, -0.2) is 36.3 Å². The van der Waals surface area contributed by atoms with Crippen LogP contribution in [0.15, 0.2) is 41.3 Å². The Hall–Kier alpha value is -2.32. The first-order valence-corrected chi connectivity index (χ1v) is 10.1. The summed E-state index contributed by atoms with van der Waals surface area (Å²) in [5.74, 6) is -1.34. The quantitative estimate of drug-likeness (QED) is 0.528. The van der Waals surface area contributed by atoms with E-state index in [1.165, 1.54) is 11.8 Å². The summed E-state index contributed by atoms with van der Waals surface area (Å²) in [6, 6.07) is 11.2. The zero-order valence-corrected chi connectivity index (χ0v) is 16.9. The molecule has 0 bridgehead atoms. The zero-order valence-electron chi connectivity index (χ0n) is 15.3. The fraction of sp³-hybridized carbons (Fsp3) is 0.316. The Morgan fingerprint density at radius 3 is 2.56 bits per heavy atom. The maximum atomic E-state index is 12.0. The van der Waals surface area contributed by atoms with Crippen molar-refractivity contribution >= 4 is 45.9 Å². The van der Waals surface area contributed by atoms with Gasteiger partial charge in [0.25, 0.3) is 5.91 Å². The number of carbonyl (C=O) groups excluding carboxylic acids is 3. The predicted molar refractivity (Wildman–Crippen MR) is 106 cm³/mol. The van der Waals surface area contributed by atoms with Gasteiger partial charge < -0.3 is 14.8 Å². The summed E-state index contributed by atoms with van der Waals surface area (Å²) in [5, 5.41) is 2.70. The lowest BCUT2D eigenvalue weighted by Crippen LogP contribution is -2.24. The predicted octanol–water partition coefficient (Wildman–Crippen LogP) is 3.90. The number of ether oxygens (including phenoxy) is 2. The van der Waals surface area contributed by atoms with Gasteiger partial charge in [0.15, 0.2) is 6.61 Å². The highest BCUT2D eigenvalue weighted by atomic mass is 32.2. The number of hydrogen-bond acceptors (Lipinski definition) is 7. The highest BCUT2D eigenvalue weighted by Crippen LogP contribution is 2.27. The molecule has 0 aliphatic rings. The van der Waals surface area contributed by atoms with E-state index < -0.39 is 23.1 Å². The smallest absolute Gasteiger partial charge is 0.348 e. The van der Waals surface area contributed by atoms with Crippen LogP contribution < -0.4 is 5.32 Å². The lowest BCUT2D eigenvalue weighted by Gasteiger charge is -2.11. The molecule has 144 valence electrons. The van der Waals surface area contributed by atoms with Gasteiger partial charge in [-0.05, 0) is 44.5 Å². The van der Waals surface area contributed by atoms with Gasteiger partial charge in [-0.3, -0.25) is 9.59 Å². The van der Waals surface area contributed by atoms with Crippen molar-refractivity contribution in [2.75, 3.05) is 18.5 Å². The molecular weight excluding hydrogens is 386 g/mol. The average Bonchev–Trinajstić information content (AvgIpc) is 3.01. The molecule has 1 aromatic heterocycles. The zero-order chi connectivity index (χ0) is 19.8. The average molecular weight is 408 g/mol. The summed E-state index contributed by atoms with van der Waals surface area (Å²) < 4.78 is 10.0. The molecule has 0 aliphatic carbocycles. The van der Waals surface area contributed by atoms with E-state index in [0.29, 0.717) is 9.88 Å². The summed E-state index contributed by atoms with van der Waals surface area (Å²) >= 11 is 2.49. The van der Waals surface area contributed by atoms with Crippen LogP contribution in [0.1, 0.15) is 29.1 Å². The number of thioether (sulfide) groups is 1. The highest BCUT2D eigenvalue weighted by Gasteiger charge is 2.19. The first-order chi connectivity index (χ1) is 12.9. The molecule has 0 saturated carbocycles. The standard InChI is InChI=1S/C19H21NO5S2/c1-4-24-19(23)17-12(2)10-16(27-17)20-15(21)11-25-18(22)13(3)26-14-8-6-5-7-9-14/h5-10,13H,4,11H2,1-3H3,(H,20,21). The lowest BCUT2D eigenvalue weighted by atomic mass is 10.3. The fourth-order valence-corrected chi connectivity index (χ4v) is 3.99. The third-order valence-corrected chi connectivity index (χ3v) is 5.60. The molecule has 8 heteroatoms. The molecule has 1 heterocycles. The van der Waals surface area contributed by atoms with Crippen molar-refractivity contribution in [1.29, 1.82) is 0 Å². The van der Waals surface area contributed by atoms with Crippen LogP contribution in [0.3, 0.4) is 0 Å². The number of amides is 1. The largest absolute Gasteiger partial charge is 0.462 e. The van der Waals surface area contributed by atoms with Crippen LogP contribution in [0, 0.1) is 6.92 Å². The van der Waals surface area contributed by atoms with Gasteiger partial charge in [0.2, 0.25) is 0 Å². The summed E-state index contributed by atoms with van der Waals surface area (Å²) in [7, 11) is 0. The van der Waals surface area contributed by atoms with Gasteiger partial charge in [-0.1, -0.05) is 18.2 Å². The minimum atomic E-state index is -0.464. The monoisotopic (exact) mass is 407 g/mol. The SMILES string of the molecule is CCOC(=O)c1sc(NC(=O)COC(=O)C(C)Sc2ccccc2)cc1C. The van der Waals surface area contributed by atoms with Crippen LogP contribution >= 0.6 is 23.1 Å². The van der Waals surface area contributed by atoms with E-state index in [4.69, 9.17) is 9.47 Å². The van der Waals surface area contributed by atoms with Gasteiger partial charge in [0, 0.05) is 4.90 Å². The molecular formula is C19H21NO5S2. The normalized spacial score (nSPS) is 11.5. The van der Waals surface area contributed by atoms with E-state index in [1.54, 1.807) is 26.8 Å². The number of carbonyl (C=O) groups is 3. The molecule has 0 fully saturated rings. The first kappa shape index (κ1) is 21.0.